The van der Waals surface area contributed by atoms with Crippen LogP contribution in [0.2, 0.25) is 5.02 Å². The molecule has 19 heavy (non-hydrogen) atoms. The number of aromatic nitrogens is 3. The monoisotopic (exact) mass is 282 g/mol. The number of aliphatic hydroxyl groups excluding tert-OH is 1. The van der Waals surface area contributed by atoms with E-state index in [-0.39, 0.29) is 16.5 Å². The first-order valence-electron chi connectivity index (χ1n) is 5.25. The molecule has 2 rings (SSSR count). The summed E-state index contributed by atoms with van der Waals surface area (Å²) in [5.41, 5.74) is 0.556. The van der Waals surface area contributed by atoms with Crippen molar-refractivity contribution in [3.63, 3.8) is 0 Å². The Bertz CT molecular complexity index is 562. The van der Waals surface area contributed by atoms with Gasteiger partial charge in [0, 0.05) is 6.07 Å². The lowest BCUT2D eigenvalue weighted by Crippen LogP contribution is -2.04. The molecule has 0 saturated heterocycles. The summed E-state index contributed by atoms with van der Waals surface area (Å²) in [6, 6.07) is 3.39. The highest BCUT2D eigenvalue weighted by atomic mass is 35.5. The summed E-state index contributed by atoms with van der Waals surface area (Å²) in [4.78, 5) is 11.6. The van der Waals surface area contributed by atoms with E-state index in [1.165, 1.54) is 19.6 Å². The quantitative estimate of drug-likeness (QED) is 0.726. The number of nitrogens with zero attached hydrogens (tertiary/aromatic N) is 3. The fourth-order valence-electron chi connectivity index (χ4n) is 1.36. The van der Waals surface area contributed by atoms with Crippen molar-refractivity contribution in [2.24, 2.45) is 0 Å². The Morgan fingerprint density at radius 3 is 2.63 bits per heavy atom. The Kier molecular flexibility index (Phi) is 4.10. The van der Waals surface area contributed by atoms with E-state index in [0.29, 0.717) is 11.6 Å². The van der Waals surface area contributed by atoms with Crippen LogP contribution in [0.5, 0.6) is 5.88 Å². The first-order valence-corrected chi connectivity index (χ1v) is 5.63. The maximum absolute atomic E-state index is 9.09. The van der Waals surface area contributed by atoms with E-state index in [0.717, 1.165) is 0 Å². The fraction of sp³-hybridized carbons (Fsp3) is 0.182. The SMILES string of the molecule is COc1ccc(Nc2ncnc(C(O)O)c2Cl)cn1. The molecule has 7 nitrogen and oxygen atoms in total. The van der Waals surface area contributed by atoms with Gasteiger partial charge in [-0.3, -0.25) is 0 Å². The van der Waals surface area contributed by atoms with Gasteiger partial charge in [0.25, 0.3) is 0 Å². The van der Waals surface area contributed by atoms with Crippen molar-refractivity contribution >= 4 is 23.1 Å². The van der Waals surface area contributed by atoms with Crippen LogP contribution in [0, 0.1) is 0 Å². The Morgan fingerprint density at radius 1 is 1.26 bits per heavy atom. The number of aliphatic hydroxyl groups is 2. The second-order valence-corrected chi connectivity index (χ2v) is 3.89. The molecule has 8 heteroatoms. The molecule has 0 radical (unpaired) electrons. The van der Waals surface area contributed by atoms with Crippen molar-refractivity contribution < 1.29 is 14.9 Å². The number of anilines is 2. The molecule has 2 heterocycles. The van der Waals surface area contributed by atoms with Crippen LogP contribution in [0.25, 0.3) is 0 Å². The Morgan fingerprint density at radius 2 is 2.05 bits per heavy atom. The van der Waals surface area contributed by atoms with Gasteiger partial charge in [-0.1, -0.05) is 11.6 Å². The molecule has 0 aromatic carbocycles. The van der Waals surface area contributed by atoms with Gasteiger partial charge in [-0.05, 0) is 6.07 Å². The lowest BCUT2D eigenvalue weighted by Gasteiger charge is -2.10. The average molecular weight is 283 g/mol. The van der Waals surface area contributed by atoms with E-state index < -0.39 is 6.29 Å². The highest BCUT2D eigenvalue weighted by molar-refractivity contribution is 6.33. The molecule has 0 atom stereocenters. The summed E-state index contributed by atoms with van der Waals surface area (Å²) in [7, 11) is 1.52. The van der Waals surface area contributed by atoms with Crippen LogP contribution in [0.3, 0.4) is 0 Å². The van der Waals surface area contributed by atoms with Gasteiger partial charge in [0.2, 0.25) is 5.88 Å². The van der Waals surface area contributed by atoms with Gasteiger partial charge in [-0.15, -0.1) is 0 Å². The summed E-state index contributed by atoms with van der Waals surface area (Å²) in [5.74, 6) is 0.734. The molecule has 0 aliphatic carbocycles. The fourth-order valence-corrected chi connectivity index (χ4v) is 1.60. The second kappa shape index (κ2) is 5.79. The molecule has 100 valence electrons. The van der Waals surface area contributed by atoms with Gasteiger partial charge in [0.05, 0.1) is 19.0 Å². The normalized spacial score (nSPS) is 10.6. The zero-order valence-corrected chi connectivity index (χ0v) is 10.7. The molecular weight excluding hydrogens is 272 g/mol. The van der Waals surface area contributed by atoms with Crippen molar-refractivity contribution in [3.8, 4) is 5.88 Å². The molecule has 3 N–H and O–H groups in total. The van der Waals surface area contributed by atoms with Crippen molar-refractivity contribution in [2.45, 2.75) is 6.29 Å². The predicted molar refractivity (Wildman–Crippen MR) is 68.3 cm³/mol. The van der Waals surface area contributed by atoms with E-state index in [1.54, 1.807) is 12.1 Å². The van der Waals surface area contributed by atoms with E-state index in [9.17, 15) is 0 Å². The minimum atomic E-state index is -1.76. The summed E-state index contributed by atoms with van der Waals surface area (Å²) in [5, 5.41) is 21.1. The lowest BCUT2D eigenvalue weighted by molar-refractivity contribution is -0.0457. The third-order valence-electron chi connectivity index (χ3n) is 2.27. The van der Waals surface area contributed by atoms with Gasteiger partial charge in [0.15, 0.2) is 12.1 Å². The topological polar surface area (TPSA) is 100 Å². The predicted octanol–water partition coefficient (Wildman–Crippen LogP) is 1.26. The highest BCUT2D eigenvalue weighted by Gasteiger charge is 2.14. The molecular formula is C11H11ClN4O3. The largest absolute Gasteiger partial charge is 0.481 e. The number of pyridine rings is 1. The van der Waals surface area contributed by atoms with Gasteiger partial charge in [0.1, 0.15) is 17.0 Å². The molecule has 0 saturated carbocycles. The standard InChI is InChI=1S/C11H11ClN4O3/c1-19-7-3-2-6(4-13-7)16-10-8(12)9(11(17)18)14-5-15-10/h2-5,11,17-18H,1H3,(H,14,15,16). The molecule has 0 fully saturated rings. The first kappa shape index (κ1) is 13.5. The van der Waals surface area contributed by atoms with Crippen LogP contribution >= 0.6 is 11.6 Å². The maximum atomic E-state index is 9.09. The molecule has 0 aliphatic rings. The zero-order chi connectivity index (χ0) is 13.8. The lowest BCUT2D eigenvalue weighted by atomic mass is 10.3. The van der Waals surface area contributed by atoms with Crippen LogP contribution < -0.4 is 10.1 Å². The number of halogens is 1. The third kappa shape index (κ3) is 3.08. The molecule has 0 unspecified atom stereocenters. The van der Waals surface area contributed by atoms with Gasteiger partial charge < -0.3 is 20.3 Å². The number of hydrogen-bond donors (Lipinski definition) is 3. The Balaban J connectivity index is 2.25. The van der Waals surface area contributed by atoms with Crippen LogP contribution in [-0.2, 0) is 0 Å². The summed E-state index contributed by atoms with van der Waals surface area (Å²) in [6.45, 7) is 0. The Hall–Kier alpha value is -1.96. The molecule has 2 aromatic rings. The third-order valence-corrected chi connectivity index (χ3v) is 2.64. The van der Waals surface area contributed by atoms with Crippen molar-refractivity contribution in [1.29, 1.82) is 0 Å². The number of ether oxygens (including phenoxy) is 1. The van der Waals surface area contributed by atoms with Crippen molar-refractivity contribution in [1.82, 2.24) is 15.0 Å². The van der Waals surface area contributed by atoms with E-state index >= 15 is 0 Å². The zero-order valence-electron chi connectivity index (χ0n) is 9.91. The smallest absolute Gasteiger partial charge is 0.213 e. The molecule has 0 spiro atoms. The summed E-state index contributed by atoms with van der Waals surface area (Å²) < 4.78 is 4.94. The van der Waals surface area contributed by atoms with Gasteiger partial charge >= 0.3 is 0 Å². The molecule has 0 amide bonds. The number of hydrogen-bond acceptors (Lipinski definition) is 7. The molecule has 0 bridgehead atoms. The summed E-state index contributed by atoms with van der Waals surface area (Å²) >= 11 is 5.96. The van der Waals surface area contributed by atoms with Crippen molar-refractivity contribution in [3.05, 3.63) is 35.4 Å². The van der Waals surface area contributed by atoms with Crippen LogP contribution in [0.15, 0.2) is 24.7 Å². The van der Waals surface area contributed by atoms with Gasteiger partial charge in [-0.2, -0.15) is 0 Å². The number of rotatable bonds is 4. The Labute approximate surface area is 113 Å². The maximum Gasteiger partial charge on any atom is 0.213 e. The van der Waals surface area contributed by atoms with E-state index in [2.05, 4.69) is 20.3 Å². The van der Waals surface area contributed by atoms with Crippen LogP contribution in [0.4, 0.5) is 11.5 Å². The van der Waals surface area contributed by atoms with Crippen molar-refractivity contribution in [2.75, 3.05) is 12.4 Å². The minimum Gasteiger partial charge on any atom is -0.481 e. The first-order chi connectivity index (χ1) is 9.11. The van der Waals surface area contributed by atoms with Crippen LogP contribution in [-0.4, -0.2) is 32.3 Å². The highest BCUT2D eigenvalue weighted by Crippen LogP contribution is 2.27. The van der Waals surface area contributed by atoms with E-state index in [1.807, 2.05) is 0 Å². The van der Waals surface area contributed by atoms with Crippen LogP contribution in [0.1, 0.15) is 12.0 Å². The number of nitrogens with one attached hydrogen (secondary N) is 1. The van der Waals surface area contributed by atoms with E-state index in [4.69, 9.17) is 26.6 Å². The molecule has 0 aliphatic heterocycles. The second-order valence-electron chi connectivity index (χ2n) is 3.51. The number of methoxy groups -OCH3 is 1. The summed E-state index contributed by atoms with van der Waals surface area (Å²) in [6.07, 6.45) is 0.955. The minimum absolute atomic E-state index is 0.0355. The van der Waals surface area contributed by atoms with Gasteiger partial charge in [-0.25, -0.2) is 15.0 Å². The average Bonchev–Trinajstić information content (AvgIpc) is 2.41. The molecule has 2 aromatic heterocycles.